The predicted octanol–water partition coefficient (Wildman–Crippen LogP) is 3.50. The predicted molar refractivity (Wildman–Crippen MR) is 72.0 cm³/mol. The average Bonchev–Trinajstić information content (AvgIpc) is 2.73. The molecule has 0 aliphatic heterocycles. The van der Waals surface area contributed by atoms with Crippen LogP contribution in [0.3, 0.4) is 0 Å². The van der Waals surface area contributed by atoms with Crippen molar-refractivity contribution in [3.8, 4) is 10.9 Å². The van der Waals surface area contributed by atoms with E-state index in [1.165, 1.54) is 18.2 Å². The van der Waals surface area contributed by atoms with E-state index in [2.05, 4.69) is 4.98 Å². The van der Waals surface area contributed by atoms with E-state index in [1.54, 1.807) is 6.92 Å². The van der Waals surface area contributed by atoms with Crippen LogP contribution in [-0.2, 0) is 0 Å². The Kier molecular flexibility index (Phi) is 3.86. The second-order valence-electron chi connectivity index (χ2n) is 3.71. The number of carbonyl (C=O) groups is 1. The Morgan fingerprint density at radius 1 is 1.55 bits per heavy atom. The molecular formula is C11H7ClN2O5S. The van der Waals surface area contributed by atoms with Gasteiger partial charge in [0, 0.05) is 12.1 Å². The first-order chi connectivity index (χ1) is 9.38. The molecule has 1 N–H and O–H groups in total. The lowest BCUT2D eigenvalue weighted by Gasteiger charge is -2.04. The van der Waals surface area contributed by atoms with E-state index in [4.69, 9.17) is 21.4 Å². The largest absolute Gasteiger partial charge is 0.477 e. The zero-order chi connectivity index (χ0) is 14.9. The number of carboxylic acid groups (broad SMARTS) is 1. The fraction of sp³-hybridized carbons (Fsp3) is 0.0909. The van der Waals surface area contributed by atoms with Crippen LogP contribution in [0, 0.1) is 17.0 Å². The third kappa shape index (κ3) is 2.86. The van der Waals surface area contributed by atoms with Gasteiger partial charge in [0.1, 0.15) is 5.75 Å². The van der Waals surface area contributed by atoms with Crippen LogP contribution in [0.5, 0.6) is 10.9 Å². The van der Waals surface area contributed by atoms with Crippen LogP contribution >= 0.6 is 22.9 Å². The van der Waals surface area contributed by atoms with E-state index < -0.39 is 10.9 Å². The number of halogens is 1. The van der Waals surface area contributed by atoms with Crippen LogP contribution in [0.2, 0.25) is 5.15 Å². The van der Waals surface area contributed by atoms with Gasteiger partial charge in [-0.05, 0) is 18.6 Å². The molecule has 0 amide bonds. The molecule has 20 heavy (non-hydrogen) atoms. The monoisotopic (exact) mass is 314 g/mol. The number of benzene rings is 1. The molecule has 0 aliphatic rings. The number of hydrogen-bond donors (Lipinski definition) is 1. The van der Waals surface area contributed by atoms with Crippen molar-refractivity contribution < 1.29 is 19.6 Å². The van der Waals surface area contributed by atoms with Gasteiger partial charge in [-0.2, -0.15) is 4.98 Å². The maximum absolute atomic E-state index is 10.8. The Hall–Kier alpha value is -2.19. The molecule has 0 radical (unpaired) electrons. The first-order valence-corrected chi connectivity index (χ1v) is 6.40. The van der Waals surface area contributed by atoms with E-state index >= 15 is 0 Å². The molecule has 104 valence electrons. The number of carboxylic acids is 1. The van der Waals surface area contributed by atoms with Gasteiger partial charge in [0.25, 0.3) is 10.9 Å². The molecule has 0 saturated heterocycles. The van der Waals surface area contributed by atoms with Crippen LogP contribution in [-0.4, -0.2) is 21.0 Å². The zero-order valence-corrected chi connectivity index (χ0v) is 11.6. The van der Waals surface area contributed by atoms with Gasteiger partial charge in [0.2, 0.25) is 0 Å². The summed E-state index contributed by atoms with van der Waals surface area (Å²) in [4.78, 5) is 24.6. The lowest BCUT2D eigenvalue weighted by Crippen LogP contribution is -1.91. The topological polar surface area (TPSA) is 103 Å². The number of nitrogens with zero attached hydrogens (tertiary/aromatic N) is 2. The van der Waals surface area contributed by atoms with Crippen LogP contribution in [0.25, 0.3) is 0 Å². The average molecular weight is 315 g/mol. The Morgan fingerprint density at radius 2 is 2.25 bits per heavy atom. The number of hydrogen-bond acceptors (Lipinski definition) is 6. The molecule has 9 heteroatoms. The first-order valence-electron chi connectivity index (χ1n) is 5.21. The molecule has 0 unspecified atom stereocenters. The molecule has 1 aromatic carbocycles. The van der Waals surface area contributed by atoms with Gasteiger partial charge in [-0.3, -0.25) is 10.1 Å². The highest BCUT2D eigenvalue weighted by molar-refractivity contribution is 7.15. The summed E-state index contributed by atoms with van der Waals surface area (Å²) in [6.45, 7) is 1.63. The number of thiazole rings is 1. The second-order valence-corrected chi connectivity index (χ2v) is 5.03. The molecule has 0 spiro atoms. The summed E-state index contributed by atoms with van der Waals surface area (Å²) in [5.74, 6) is -0.847. The maximum atomic E-state index is 10.8. The fourth-order valence-corrected chi connectivity index (χ4v) is 2.40. The third-order valence-corrected chi connectivity index (χ3v) is 3.63. The number of aryl methyl sites for hydroxylation is 1. The number of aromatic nitrogens is 1. The lowest BCUT2D eigenvalue weighted by atomic mass is 10.2. The van der Waals surface area contributed by atoms with Gasteiger partial charge in [0.05, 0.1) is 4.92 Å². The molecule has 0 atom stereocenters. The number of nitro benzene ring substituents is 1. The summed E-state index contributed by atoms with van der Waals surface area (Å²) in [7, 11) is 0. The van der Waals surface area contributed by atoms with E-state index in [-0.39, 0.29) is 20.9 Å². The lowest BCUT2D eigenvalue weighted by molar-refractivity contribution is -0.384. The smallest absolute Gasteiger partial charge is 0.349 e. The third-order valence-electron chi connectivity index (χ3n) is 2.33. The number of rotatable bonds is 4. The van der Waals surface area contributed by atoms with Crippen LogP contribution < -0.4 is 4.74 Å². The van der Waals surface area contributed by atoms with Crippen molar-refractivity contribution in [1.29, 1.82) is 0 Å². The van der Waals surface area contributed by atoms with E-state index in [0.717, 1.165) is 11.3 Å². The molecule has 1 aromatic heterocycles. The summed E-state index contributed by atoms with van der Waals surface area (Å²) >= 11 is 6.44. The van der Waals surface area contributed by atoms with Crippen molar-refractivity contribution in [2.75, 3.05) is 0 Å². The SMILES string of the molecule is Cc1cc([N+](=O)[O-])ccc1Oc1nc(Cl)c(C(=O)O)s1. The van der Waals surface area contributed by atoms with E-state index in [1.807, 2.05) is 0 Å². The molecule has 0 fully saturated rings. The van der Waals surface area contributed by atoms with Crippen molar-refractivity contribution in [3.05, 3.63) is 43.9 Å². The summed E-state index contributed by atoms with van der Waals surface area (Å²) in [5, 5.41) is 19.4. The highest BCUT2D eigenvalue weighted by atomic mass is 35.5. The Bertz CT molecular complexity index is 700. The minimum Gasteiger partial charge on any atom is -0.477 e. The number of non-ortho nitro benzene ring substituents is 1. The van der Waals surface area contributed by atoms with Crippen molar-refractivity contribution in [2.24, 2.45) is 0 Å². The summed E-state index contributed by atoms with van der Waals surface area (Å²) < 4.78 is 5.39. The minimum atomic E-state index is -1.19. The maximum Gasteiger partial charge on any atom is 0.349 e. The molecule has 2 rings (SSSR count). The van der Waals surface area contributed by atoms with Crippen molar-refractivity contribution in [1.82, 2.24) is 4.98 Å². The number of aromatic carboxylic acids is 1. The highest BCUT2D eigenvalue weighted by Gasteiger charge is 2.18. The van der Waals surface area contributed by atoms with Gasteiger partial charge in [-0.1, -0.05) is 22.9 Å². The van der Waals surface area contributed by atoms with Crippen molar-refractivity contribution >= 4 is 34.6 Å². The molecular weight excluding hydrogens is 308 g/mol. The molecule has 7 nitrogen and oxygen atoms in total. The van der Waals surface area contributed by atoms with Gasteiger partial charge >= 0.3 is 5.97 Å². The van der Waals surface area contributed by atoms with Crippen LogP contribution in [0.1, 0.15) is 15.2 Å². The Balaban J connectivity index is 2.28. The van der Waals surface area contributed by atoms with Gasteiger partial charge in [-0.25, -0.2) is 4.79 Å². The highest BCUT2D eigenvalue weighted by Crippen LogP contribution is 2.34. The molecule has 1 heterocycles. The summed E-state index contributed by atoms with van der Waals surface area (Å²) in [6.07, 6.45) is 0. The van der Waals surface area contributed by atoms with Crippen LogP contribution in [0.15, 0.2) is 18.2 Å². The fourth-order valence-electron chi connectivity index (χ4n) is 1.41. The second kappa shape index (κ2) is 5.43. The first kappa shape index (κ1) is 14.2. The van der Waals surface area contributed by atoms with E-state index in [9.17, 15) is 14.9 Å². The zero-order valence-electron chi connectivity index (χ0n) is 9.99. The van der Waals surface area contributed by atoms with Crippen molar-refractivity contribution in [2.45, 2.75) is 6.92 Å². The molecule has 0 aliphatic carbocycles. The minimum absolute atomic E-state index is 0.0572. The molecule has 0 bridgehead atoms. The van der Waals surface area contributed by atoms with E-state index in [0.29, 0.717) is 11.3 Å². The molecule has 2 aromatic rings. The summed E-state index contributed by atoms with van der Waals surface area (Å²) in [5.41, 5.74) is 0.473. The van der Waals surface area contributed by atoms with Gasteiger partial charge in [0.15, 0.2) is 10.0 Å². The van der Waals surface area contributed by atoms with Gasteiger partial charge < -0.3 is 9.84 Å². The quantitative estimate of drug-likeness (QED) is 0.684. The Labute approximate surface area is 121 Å². The summed E-state index contributed by atoms with van der Waals surface area (Å²) in [6, 6.07) is 4.06. The Morgan fingerprint density at radius 3 is 2.75 bits per heavy atom. The van der Waals surface area contributed by atoms with Crippen molar-refractivity contribution in [3.63, 3.8) is 0 Å². The number of nitro groups is 1. The van der Waals surface area contributed by atoms with Gasteiger partial charge in [-0.15, -0.1) is 0 Å². The standard InChI is InChI=1S/C11H7ClN2O5S/c1-5-4-6(14(17)18)2-3-7(5)19-11-13-9(12)8(20-11)10(15)16/h2-4H,1H3,(H,15,16). The normalized spacial score (nSPS) is 10.3. The molecule has 0 saturated carbocycles. The number of ether oxygens (including phenoxy) is 1. The van der Waals surface area contributed by atoms with Crippen LogP contribution in [0.4, 0.5) is 5.69 Å².